The van der Waals surface area contributed by atoms with Crippen LogP contribution < -0.4 is 10.1 Å². The van der Waals surface area contributed by atoms with Gasteiger partial charge in [0.05, 0.1) is 12.1 Å². The van der Waals surface area contributed by atoms with Gasteiger partial charge in [0.15, 0.2) is 0 Å². The van der Waals surface area contributed by atoms with Crippen molar-refractivity contribution in [2.75, 3.05) is 0 Å². The van der Waals surface area contributed by atoms with Gasteiger partial charge in [-0.15, -0.1) is 0 Å². The fraction of sp³-hybridized carbons (Fsp3) is 0.250. The number of carbonyl (C=O) groups is 1. The predicted octanol–water partition coefficient (Wildman–Crippen LogP) is 4.71. The Morgan fingerprint density at radius 3 is 2.42 bits per heavy atom. The molecule has 3 aromatic rings. The number of fused-ring (bicyclic) bond motifs is 1. The van der Waals surface area contributed by atoms with E-state index in [9.17, 15) is 4.79 Å². The number of hydrogen-bond donors (Lipinski definition) is 1. The van der Waals surface area contributed by atoms with Crippen molar-refractivity contribution < 1.29 is 13.9 Å². The first-order valence-electron chi connectivity index (χ1n) is 8.09. The molecule has 0 saturated carbocycles. The molecule has 0 radical (unpaired) electrons. The van der Waals surface area contributed by atoms with Crippen molar-refractivity contribution in [2.24, 2.45) is 0 Å². The van der Waals surface area contributed by atoms with E-state index in [0.29, 0.717) is 5.56 Å². The zero-order chi connectivity index (χ0) is 17.1. The van der Waals surface area contributed by atoms with E-state index < -0.39 is 0 Å². The fourth-order valence-corrected chi connectivity index (χ4v) is 2.52. The number of carbonyl (C=O) groups excluding carboxylic acids is 1. The van der Waals surface area contributed by atoms with E-state index in [1.807, 2.05) is 51.1 Å². The van der Waals surface area contributed by atoms with Crippen LogP contribution in [0.4, 0.5) is 0 Å². The molecular formula is C20H21NO3. The molecule has 0 fully saturated rings. The minimum absolute atomic E-state index is 0.109. The lowest BCUT2D eigenvalue weighted by atomic mass is 10.1. The SMILES string of the molecule is CC(C)Oc1ccc(C(=O)NC(C)c2cc3ccccc3o2)cc1. The molecule has 1 atom stereocenters. The number of benzene rings is 2. The Kier molecular flexibility index (Phi) is 4.56. The second-order valence-electron chi connectivity index (χ2n) is 6.07. The van der Waals surface area contributed by atoms with Gasteiger partial charge in [0.25, 0.3) is 5.91 Å². The topological polar surface area (TPSA) is 51.5 Å². The molecule has 1 aromatic heterocycles. The Bertz CT molecular complexity index is 800. The first-order valence-corrected chi connectivity index (χ1v) is 8.09. The largest absolute Gasteiger partial charge is 0.491 e. The van der Waals surface area contributed by atoms with E-state index in [0.717, 1.165) is 22.5 Å². The number of ether oxygens (including phenoxy) is 1. The van der Waals surface area contributed by atoms with Gasteiger partial charge in [0, 0.05) is 10.9 Å². The maximum absolute atomic E-state index is 12.4. The molecule has 4 heteroatoms. The highest BCUT2D eigenvalue weighted by atomic mass is 16.5. The predicted molar refractivity (Wildman–Crippen MR) is 94.3 cm³/mol. The van der Waals surface area contributed by atoms with Crippen molar-refractivity contribution in [2.45, 2.75) is 32.9 Å². The van der Waals surface area contributed by atoms with Gasteiger partial charge >= 0.3 is 0 Å². The molecule has 0 aliphatic heterocycles. The van der Waals surface area contributed by atoms with E-state index in [2.05, 4.69) is 5.32 Å². The number of para-hydroxylation sites is 1. The summed E-state index contributed by atoms with van der Waals surface area (Å²) in [5.41, 5.74) is 1.41. The second kappa shape index (κ2) is 6.79. The van der Waals surface area contributed by atoms with Gasteiger partial charge in [0.2, 0.25) is 0 Å². The second-order valence-corrected chi connectivity index (χ2v) is 6.07. The minimum atomic E-state index is -0.212. The van der Waals surface area contributed by atoms with E-state index in [1.54, 1.807) is 24.3 Å². The minimum Gasteiger partial charge on any atom is -0.491 e. The van der Waals surface area contributed by atoms with Gasteiger partial charge in [-0.3, -0.25) is 4.79 Å². The molecule has 0 aliphatic carbocycles. The Morgan fingerprint density at radius 1 is 1.04 bits per heavy atom. The average molecular weight is 323 g/mol. The zero-order valence-electron chi connectivity index (χ0n) is 14.1. The fourth-order valence-electron chi connectivity index (χ4n) is 2.52. The highest BCUT2D eigenvalue weighted by Gasteiger charge is 2.15. The first-order chi connectivity index (χ1) is 11.5. The molecule has 1 heterocycles. The molecule has 0 spiro atoms. The first kappa shape index (κ1) is 16.1. The van der Waals surface area contributed by atoms with Crippen LogP contribution in [0, 0.1) is 0 Å². The Balaban J connectivity index is 1.69. The maximum Gasteiger partial charge on any atom is 0.251 e. The molecule has 0 bridgehead atoms. The Morgan fingerprint density at radius 2 is 1.75 bits per heavy atom. The molecular weight excluding hydrogens is 302 g/mol. The summed E-state index contributed by atoms with van der Waals surface area (Å²) < 4.78 is 11.4. The standard InChI is InChI=1S/C20H21NO3/c1-13(2)23-17-10-8-15(9-11-17)20(22)21-14(3)19-12-16-6-4-5-7-18(16)24-19/h4-14H,1-3H3,(H,21,22). The monoisotopic (exact) mass is 323 g/mol. The summed E-state index contributed by atoms with van der Waals surface area (Å²) >= 11 is 0. The van der Waals surface area contributed by atoms with Crippen LogP contribution >= 0.6 is 0 Å². The van der Waals surface area contributed by atoms with Crippen molar-refractivity contribution in [1.29, 1.82) is 0 Å². The number of rotatable bonds is 5. The smallest absolute Gasteiger partial charge is 0.251 e. The van der Waals surface area contributed by atoms with Gasteiger partial charge in [-0.2, -0.15) is 0 Å². The van der Waals surface area contributed by atoms with E-state index in [-0.39, 0.29) is 18.1 Å². The van der Waals surface area contributed by atoms with Crippen LogP contribution in [0.1, 0.15) is 42.9 Å². The molecule has 4 nitrogen and oxygen atoms in total. The number of furan rings is 1. The molecule has 1 unspecified atom stereocenters. The quantitative estimate of drug-likeness (QED) is 0.739. The number of hydrogen-bond acceptors (Lipinski definition) is 3. The van der Waals surface area contributed by atoms with Crippen LogP contribution in [0.25, 0.3) is 11.0 Å². The highest BCUT2D eigenvalue weighted by Crippen LogP contribution is 2.24. The molecule has 0 saturated heterocycles. The van der Waals surface area contributed by atoms with E-state index in [1.165, 1.54) is 0 Å². The molecule has 24 heavy (non-hydrogen) atoms. The molecule has 3 rings (SSSR count). The van der Waals surface area contributed by atoms with Crippen LogP contribution in [0.15, 0.2) is 59.0 Å². The van der Waals surface area contributed by atoms with Gasteiger partial charge in [-0.05, 0) is 57.2 Å². The molecule has 124 valence electrons. The highest BCUT2D eigenvalue weighted by molar-refractivity contribution is 5.94. The van der Waals surface area contributed by atoms with Crippen molar-refractivity contribution in [1.82, 2.24) is 5.32 Å². The number of amides is 1. The third-order valence-corrected chi connectivity index (χ3v) is 3.71. The molecule has 2 aromatic carbocycles. The van der Waals surface area contributed by atoms with Crippen LogP contribution in [0.3, 0.4) is 0 Å². The zero-order valence-corrected chi connectivity index (χ0v) is 14.1. The van der Waals surface area contributed by atoms with E-state index >= 15 is 0 Å². The van der Waals surface area contributed by atoms with Crippen LogP contribution in [0.2, 0.25) is 0 Å². The Hall–Kier alpha value is -2.75. The summed E-state index contributed by atoms with van der Waals surface area (Å²) in [6, 6.07) is 16.7. The summed E-state index contributed by atoms with van der Waals surface area (Å²) in [6.07, 6.45) is 0.109. The van der Waals surface area contributed by atoms with Crippen LogP contribution in [-0.2, 0) is 0 Å². The summed E-state index contributed by atoms with van der Waals surface area (Å²) in [5, 5.41) is 3.99. The van der Waals surface area contributed by atoms with Crippen molar-refractivity contribution in [3.63, 3.8) is 0 Å². The van der Waals surface area contributed by atoms with Gasteiger partial charge < -0.3 is 14.5 Å². The molecule has 1 amide bonds. The van der Waals surface area contributed by atoms with Crippen molar-refractivity contribution >= 4 is 16.9 Å². The van der Waals surface area contributed by atoms with E-state index in [4.69, 9.17) is 9.15 Å². The van der Waals surface area contributed by atoms with Gasteiger partial charge in [-0.1, -0.05) is 18.2 Å². The normalized spacial score (nSPS) is 12.3. The summed E-state index contributed by atoms with van der Waals surface area (Å²) in [6.45, 7) is 5.84. The lowest BCUT2D eigenvalue weighted by Crippen LogP contribution is -2.26. The maximum atomic E-state index is 12.4. The Labute approximate surface area is 141 Å². The van der Waals surface area contributed by atoms with Crippen molar-refractivity contribution in [3.8, 4) is 5.75 Å². The van der Waals surface area contributed by atoms with Gasteiger partial charge in [0.1, 0.15) is 17.1 Å². The lowest BCUT2D eigenvalue weighted by molar-refractivity contribution is 0.0935. The molecule has 1 N–H and O–H groups in total. The third-order valence-electron chi connectivity index (χ3n) is 3.71. The molecule has 0 aliphatic rings. The average Bonchev–Trinajstić information content (AvgIpc) is 2.99. The lowest BCUT2D eigenvalue weighted by Gasteiger charge is -2.13. The summed E-state index contributed by atoms with van der Waals surface area (Å²) in [4.78, 5) is 12.4. The van der Waals surface area contributed by atoms with Crippen LogP contribution in [0.5, 0.6) is 5.75 Å². The third kappa shape index (κ3) is 3.59. The summed E-state index contributed by atoms with van der Waals surface area (Å²) in [7, 11) is 0. The van der Waals surface area contributed by atoms with Crippen LogP contribution in [-0.4, -0.2) is 12.0 Å². The summed E-state index contributed by atoms with van der Waals surface area (Å²) in [5.74, 6) is 1.36. The van der Waals surface area contributed by atoms with Crippen molar-refractivity contribution in [3.05, 3.63) is 65.9 Å². The number of nitrogens with one attached hydrogen (secondary N) is 1. The van der Waals surface area contributed by atoms with Gasteiger partial charge in [-0.25, -0.2) is 0 Å².